The Bertz CT molecular complexity index is 1720. The minimum Gasteiger partial charge on any atom is -0.507 e. The third kappa shape index (κ3) is 4.78. The molecule has 0 atom stereocenters. The largest absolute Gasteiger partial charge is 0.507 e. The second kappa shape index (κ2) is 10.4. The lowest BCUT2D eigenvalue weighted by atomic mass is 9.89. The van der Waals surface area contributed by atoms with Crippen molar-refractivity contribution in [2.45, 2.75) is 0 Å². The number of hydrogen-bond donors (Lipinski definition) is 2. The van der Waals surface area contributed by atoms with Gasteiger partial charge in [0.05, 0.1) is 46.6 Å². The van der Waals surface area contributed by atoms with E-state index in [-0.39, 0.29) is 11.5 Å². The molecule has 0 aliphatic heterocycles. The van der Waals surface area contributed by atoms with Crippen molar-refractivity contribution >= 4 is 26.6 Å². The summed E-state index contributed by atoms with van der Waals surface area (Å²) in [4.78, 5) is 26.3. The molecule has 0 fully saturated rings. The van der Waals surface area contributed by atoms with E-state index in [4.69, 9.17) is 25.7 Å². The van der Waals surface area contributed by atoms with Gasteiger partial charge in [-0.3, -0.25) is 19.9 Å². The van der Waals surface area contributed by atoms with Crippen LogP contribution in [0.2, 0.25) is 0 Å². The quantitative estimate of drug-likeness (QED) is 0.335. The molecule has 0 spiro atoms. The number of benzene rings is 2. The summed E-state index contributed by atoms with van der Waals surface area (Å²) in [6.45, 7) is 0. The number of rotatable bonds is 5. The standard InChI is InChI=1S/C30H18B2N6O2/c31-17-11-19(29(39)21(13-17)27-15-33-7-9-35-27)23-3-1-5-25(37-23)26-6-2-4-24(38-26)20-12-18(32)14-22(30(20)40)28-16-34-8-10-36-28/h1-16,39-40H. The number of phenols is 2. The summed E-state index contributed by atoms with van der Waals surface area (Å²) in [6.07, 6.45) is 9.31. The fourth-order valence-corrected chi connectivity index (χ4v) is 4.43. The lowest BCUT2D eigenvalue weighted by Gasteiger charge is -2.13. The first-order chi connectivity index (χ1) is 19.5. The Morgan fingerprint density at radius 2 is 0.850 bits per heavy atom. The fraction of sp³-hybridized carbons (Fsp3) is 0. The van der Waals surface area contributed by atoms with Gasteiger partial charge in [0.1, 0.15) is 27.2 Å². The van der Waals surface area contributed by atoms with Gasteiger partial charge in [-0.2, -0.15) is 0 Å². The van der Waals surface area contributed by atoms with Crippen LogP contribution in [0.1, 0.15) is 0 Å². The Labute approximate surface area is 232 Å². The molecule has 0 amide bonds. The van der Waals surface area contributed by atoms with Gasteiger partial charge >= 0.3 is 0 Å². The molecule has 6 aromatic rings. The minimum absolute atomic E-state index is 0.0118. The number of hydrogen-bond acceptors (Lipinski definition) is 8. The smallest absolute Gasteiger partial charge is 0.134 e. The van der Waals surface area contributed by atoms with Gasteiger partial charge in [0.25, 0.3) is 0 Å². The van der Waals surface area contributed by atoms with Gasteiger partial charge < -0.3 is 10.2 Å². The van der Waals surface area contributed by atoms with Crippen LogP contribution < -0.4 is 10.9 Å². The third-order valence-electron chi connectivity index (χ3n) is 6.26. The van der Waals surface area contributed by atoms with Crippen LogP contribution in [-0.2, 0) is 0 Å². The molecule has 10 heteroatoms. The van der Waals surface area contributed by atoms with Crippen LogP contribution in [0.4, 0.5) is 0 Å². The highest BCUT2D eigenvalue weighted by molar-refractivity contribution is 6.33. The van der Waals surface area contributed by atoms with Crippen molar-refractivity contribution in [3.63, 3.8) is 0 Å². The maximum Gasteiger partial charge on any atom is 0.134 e. The predicted molar refractivity (Wildman–Crippen MR) is 154 cm³/mol. The number of aromatic nitrogens is 6. The highest BCUT2D eigenvalue weighted by Crippen LogP contribution is 2.38. The molecular formula is C30H18B2N6O2. The lowest BCUT2D eigenvalue weighted by Crippen LogP contribution is -2.05. The molecule has 2 N–H and O–H groups in total. The van der Waals surface area contributed by atoms with Gasteiger partial charge in [-0.25, -0.2) is 9.97 Å². The summed E-state index contributed by atoms with van der Waals surface area (Å²) in [5.41, 5.74) is 5.75. The molecule has 2 aromatic carbocycles. The summed E-state index contributed by atoms with van der Waals surface area (Å²) >= 11 is 0. The van der Waals surface area contributed by atoms with Gasteiger partial charge in [0.2, 0.25) is 0 Å². The Hall–Kier alpha value is -5.37. The summed E-state index contributed by atoms with van der Waals surface area (Å²) in [7, 11) is 12.4. The average Bonchev–Trinajstić information content (AvgIpc) is 3.00. The summed E-state index contributed by atoms with van der Waals surface area (Å²) in [5, 5.41) is 22.2. The Balaban J connectivity index is 1.42. The molecule has 0 saturated heterocycles. The van der Waals surface area contributed by atoms with Crippen molar-refractivity contribution in [2.75, 3.05) is 0 Å². The van der Waals surface area contributed by atoms with Crippen LogP contribution in [0.5, 0.6) is 11.5 Å². The first-order valence-corrected chi connectivity index (χ1v) is 12.2. The highest BCUT2D eigenvalue weighted by Gasteiger charge is 2.17. The zero-order valence-electron chi connectivity index (χ0n) is 21.0. The zero-order chi connectivity index (χ0) is 27.6. The van der Waals surface area contributed by atoms with Gasteiger partial charge in [-0.05, 0) is 24.3 Å². The van der Waals surface area contributed by atoms with Gasteiger partial charge in [-0.15, -0.1) is 0 Å². The van der Waals surface area contributed by atoms with Crippen molar-refractivity contribution in [3.8, 4) is 67.9 Å². The normalized spacial score (nSPS) is 10.9. The van der Waals surface area contributed by atoms with Crippen LogP contribution >= 0.6 is 0 Å². The van der Waals surface area contributed by atoms with Gasteiger partial charge in [0, 0.05) is 47.0 Å². The van der Waals surface area contributed by atoms with Crippen LogP contribution in [0.15, 0.2) is 97.8 Å². The predicted octanol–water partition coefficient (Wildman–Crippen LogP) is 3.39. The topological polar surface area (TPSA) is 118 Å². The molecule has 0 unspecified atom stereocenters. The van der Waals surface area contributed by atoms with Gasteiger partial charge in [0.15, 0.2) is 0 Å². The molecule has 0 aliphatic rings. The summed E-state index contributed by atoms with van der Waals surface area (Å²) in [6, 6.07) is 17.4. The van der Waals surface area contributed by atoms with Crippen molar-refractivity contribution in [1.82, 2.24) is 29.9 Å². The minimum atomic E-state index is -0.0118. The Morgan fingerprint density at radius 3 is 1.23 bits per heavy atom. The van der Waals surface area contributed by atoms with Gasteiger partial charge in [-0.1, -0.05) is 47.3 Å². The van der Waals surface area contributed by atoms with Crippen molar-refractivity contribution in [2.24, 2.45) is 0 Å². The summed E-state index contributed by atoms with van der Waals surface area (Å²) < 4.78 is 0. The third-order valence-corrected chi connectivity index (χ3v) is 6.26. The zero-order valence-corrected chi connectivity index (χ0v) is 21.0. The molecule has 4 radical (unpaired) electrons. The molecule has 4 aromatic heterocycles. The van der Waals surface area contributed by atoms with E-state index in [9.17, 15) is 10.2 Å². The molecule has 0 aliphatic carbocycles. The molecular weight excluding hydrogens is 498 g/mol. The second-order valence-corrected chi connectivity index (χ2v) is 8.93. The van der Waals surface area contributed by atoms with Crippen LogP contribution in [0, 0.1) is 0 Å². The molecule has 6 rings (SSSR count). The Kier molecular flexibility index (Phi) is 6.49. The second-order valence-electron chi connectivity index (χ2n) is 8.93. The maximum atomic E-state index is 11.1. The molecule has 40 heavy (non-hydrogen) atoms. The van der Waals surface area contributed by atoms with Crippen molar-refractivity contribution < 1.29 is 10.2 Å². The number of aromatic hydroxyl groups is 2. The summed E-state index contributed by atoms with van der Waals surface area (Å²) in [5.74, 6) is -0.0235. The lowest BCUT2D eigenvalue weighted by molar-refractivity contribution is 0.478. The fourth-order valence-electron chi connectivity index (χ4n) is 4.43. The first kappa shape index (κ1) is 24.9. The van der Waals surface area contributed by atoms with Crippen LogP contribution in [-0.4, -0.2) is 55.8 Å². The number of nitrogens with zero attached hydrogens (tertiary/aromatic N) is 6. The molecule has 186 valence electrons. The SMILES string of the molecule is [B]c1cc(-c2cnccn2)c(O)c(-c2cccc(-c3cccc(-c4cc([B])cc(-c5cnccn5)c4O)n3)n2)c1. The van der Waals surface area contributed by atoms with E-state index in [2.05, 4.69) is 19.9 Å². The molecule has 0 bridgehead atoms. The monoisotopic (exact) mass is 516 g/mol. The molecule has 0 saturated carbocycles. The van der Waals surface area contributed by atoms with E-state index >= 15 is 0 Å². The molecule has 4 heterocycles. The van der Waals surface area contributed by atoms with E-state index in [0.29, 0.717) is 67.3 Å². The van der Waals surface area contributed by atoms with E-state index in [1.165, 1.54) is 0 Å². The van der Waals surface area contributed by atoms with Crippen LogP contribution in [0.3, 0.4) is 0 Å². The Morgan fingerprint density at radius 1 is 0.475 bits per heavy atom. The number of pyridine rings is 2. The van der Waals surface area contributed by atoms with E-state index in [1.54, 1.807) is 73.6 Å². The maximum absolute atomic E-state index is 11.1. The van der Waals surface area contributed by atoms with E-state index < -0.39 is 0 Å². The first-order valence-electron chi connectivity index (χ1n) is 12.2. The van der Waals surface area contributed by atoms with Crippen LogP contribution in [0.25, 0.3) is 56.4 Å². The molecule has 8 nitrogen and oxygen atoms in total. The van der Waals surface area contributed by atoms with Crippen molar-refractivity contribution in [1.29, 1.82) is 0 Å². The van der Waals surface area contributed by atoms with Crippen molar-refractivity contribution in [3.05, 3.63) is 97.8 Å². The number of phenolic OH excluding ortho intramolecular Hbond substituents is 2. The van der Waals surface area contributed by atoms with E-state index in [0.717, 1.165) is 0 Å². The van der Waals surface area contributed by atoms with E-state index in [1.807, 2.05) is 24.3 Å². The average molecular weight is 516 g/mol. The highest BCUT2D eigenvalue weighted by atomic mass is 16.3.